The summed E-state index contributed by atoms with van der Waals surface area (Å²) in [5.41, 5.74) is 2.13. The van der Waals surface area contributed by atoms with Crippen LogP contribution in [0.15, 0.2) is 60.0 Å². The normalized spacial score (nSPS) is 18.2. The molecule has 0 bridgehead atoms. The van der Waals surface area contributed by atoms with Crippen LogP contribution in [-0.2, 0) is 16.3 Å². The summed E-state index contributed by atoms with van der Waals surface area (Å²) in [4.78, 5) is 14.8. The maximum atomic E-state index is 13.2. The average Bonchev–Trinajstić information content (AvgIpc) is 2.95. The second-order valence-electron chi connectivity index (χ2n) is 5.89. The number of carbonyl (C=O) groups excluding carboxylic acids is 1. The van der Waals surface area contributed by atoms with Crippen molar-refractivity contribution >= 4 is 33.0 Å². The summed E-state index contributed by atoms with van der Waals surface area (Å²) in [7, 11) is -3.29. The van der Waals surface area contributed by atoms with E-state index >= 15 is 0 Å². The van der Waals surface area contributed by atoms with Crippen LogP contribution in [0.25, 0.3) is 0 Å². The Labute approximate surface area is 152 Å². The minimum atomic E-state index is -3.29. The average molecular weight is 376 g/mol. The van der Waals surface area contributed by atoms with E-state index in [4.69, 9.17) is 11.6 Å². The number of hydrogen-bond donors (Lipinski definition) is 0. The van der Waals surface area contributed by atoms with Crippen LogP contribution in [0.1, 0.15) is 22.8 Å². The molecule has 1 amide bonds. The summed E-state index contributed by atoms with van der Waals surface area (Å²) in [5, 5.41) is 1.65. The number of anilines is 1. The largest absolute Gasteiger partial charge is 0.300 e. The van der Waals surface area contributed by atoms with Crippen molar-refractivity contribution in [1.82, 2.24) is 0 Å². The van der Waals surface area contributed by atoms with Crippen molar-refractivity contribution in [2.75, 3.05) is 10.7 Å². The van der Waals surface area contributed by atoms with Gasteiger partial charge in [0.25, 0.3) is 5.91 Å². The van der Waals surface area contributed by atoms with Crippen LogP contribution in [-0.4, -0.2) is 26.1 Å². The molecule has 0 fully saturated rings. The highest BCUT2D eigenvalue weighted by atomic mass is 35.5. The van der Waals surface area contributed by atoms with Gasteiger partial charge in [0.05, 0.1) is 11.8 Å². The Morgan fingerprint density at radius 1 is 1.20 bits per heavy atom. The predicted molar refractivity (Wildman–Crippen MR) is 101 cm³/mol. The Bertz CT molecular complexity index is 937. The van der Waals surface area contributed by atoms with Crippen molar-refractivity contribution in [3.8, 4) is 0 Å². The van der Waals surface area contributed by atoms with E-state index in [-0.39, 0.29) is 11.7 Å². The molecule has 1 atom stereocenters. The number of benzene rings is 2. The van der Waals surface area contributed by atoms with E-state index in [0.717, 1.165) is 17.7 Å². The van der Waals surface area contributed by atoms with Crippen molar-refractivity contribution in [2.24, 2.45) is 0 Å². The molecule has 2 aromatic rings. The molecule has 25 heavy (non-hydrogen) atoms. The van der Waals surface area contributed by atoms with Crippen LogP contribution < -0.4 is 4.90 Å². The highest BCUT2D eigenvalue weighted by molar-refractivity contribution is 7.94. The second kappa shape index (κ2) is 7.02. The lowest BCUT2D eigenvalue weighted by Crippen LogP contribution is -2.41. The minimum absolute atomic E-state index is 0.114. The number of carbonyl (C=O) groups is 1. The number of para-hydroxylation sites is 1. The highest BCUT2D eigenvalue weighted by Gasteiger charge is 2.32. The molecule has 2 aromatic carbocycles. The maximum absolute atomic E-state index is 13.2. The van der Waals surface area contributed by atoms with E-state index in [1.807, 2.05) is 31.2 Å². The molecule has 0 N–H and O–H groups in total. The van der Waals surface area contributed by atoms with E-state index in [2.05, 4.69) is 0 Å². The minimum Gasteiger partial charge on any atom is -0.300 e. The quantitative estimate of drug-likeness (QED) is 0.815. The maximum Gasteiger partial charge on any atom is 0.258 e. The van der Waals surface area contributed by atoms with Crippen LogP contribution in [0.4, 0.5) is 5.69 Å². The fourth-order valence-corrected chi connectivity index (χ4v) is 4.42. The van der Waals surface area contributed by atoms with Gasteiger partial charge in [0, 0.05) is 21.7 Å². The van der Waals surface area contributed by atoms with Gasteiger partial charge in [0.1, 0.15) is 0 Å². The van der Waals surface area contributed by atoms with Crippen LogP contribution >= 0.6 is 11.6 Å². The molecule has 0 aromatic heterocycles. The fourth-order valence-electron chi connectivity index (χ4n) is 2.96. The summed E-state index contributed by atoms with van der Waals surface area (Å²) >= 11 is 6.02. The van der Waals surface area contributed by atoms with Gasteiger partial charge in [-0.3, -0.25) is 4.79 Å². The zero-order chi connectivity index (χ0) is 18.0. The summed E-state index contributed by atoms with van der Waals surface area (Å²) < 4.78 is 23.8. The number of amides is 1. The fraction of sp³-hybridized carbons (Fsp3) is 0.211. The molecular weight excluding hydrogens is 358 g/mol. The van der Waals surface area contributed by atoms with Gasteiger partial charge < -0.3 is 4.90 Å². The Kier molecular flexibility index (Phi) is 4.97. The molecule has 1 heterocycles. The molecule has 0 radical (unpaired) electrons. The molecule has 0 aliphatic carbocycles. The molecule has 0 saturated carbocycles. The van der Waals surface area contributed by atoms with Gasteiger partial charge >= 0.3 is 0 Å². The molecule has 0 saturated heterocycles. The van der Waals surface area contributed by atoms with Gasteiger partial charge in [0.15, 0.2) is 9.84 Å². The summed E-state index contributed by atoms with van der Waals surface area (Å²) in [6, 6.07) is 13.7. The van der Waals surface area contributed by atoms with Gasteiger partial charge in [0.2, 0.25) is 0 Å². The van der Waals surface area contributed by atoms with E-state index in [0.29, 0.717) is 10.6 Å². The number of halogens is 1. The van der Waals surface area contributed by atoms with Gasteiger partial charge in [-0.05, 0) is 42.3 Å². The predicted octanol–water partition coefficient (Wildman–Crippen LogP) is 3.86. The Balaban J connectivity index is 2.09. The summed E-state index contributed by atoms with van der Waals surface area (Å²) in [5.74, 6) is -0.382. The number of nitrogens with zero attached hydrogens (tertiary/aromatic N) is 1. The summed E-state index contributed by atoms with van der Waals surface area (Å²) in [6.45, 7) is 2.00. The van der Waals surface area contributed by atoms with Crippen LogP contribution in [0, 0.1) is 0 Å². The lowest BCUT2D eigenvalue weighted by molar-refractivity contribution is 0.0983. The molecule has 6 heteroatoms. The first-order valence-electron chi connectivity index (χ1n) is 7.99. The number of hydrogen-bond acceptors (Lipinski definition) is 3. The zero-order valence-electron chi connectivity index (χ0n) is 13.7. The van der Waals surface area contributed by atoms with E-state index < -0.39 is 15.9 Å². The van der Waals surface area contributed by atoms with Crippen LogP contribution in [0.3, 0.4) is 0 Å². The van der Waals surface area contributed by atoms with E-state index in [9.17, 15) is 13.2 Å². The smallest absolute Gasteiger partial charge is 0.258 e. The number of aryl methyl sites for hydroxylation is 1. The van der Waals surface area contributed by atoms with Crippen molar-refractivity contribution < 1.29 is 13.2 Å². The molecule has 0 unspecified atom stereocenters. The number of sulfone groups is 1. The van der Waals surface area contributed by atoms with Crippen molar-refractivity contribution in [1.29, 1.82) is 0 Å². The SMILES string of the molecule is CCc1ccccc1N(C(=O)c1cccc(Cl)c1)[C@H]1C=CS(=O)(=O)C1. The lowest BCUT2D eigenvalue weighted by atomic mass is 10.1. The van der Waals surface area contributed by atoms with Gasteiger partial charge in [-0.15, -0.1) is 0 Å². The van der Waals surface area contributed by atoms with Gasteiger partial charge in [-0.25, -0.2) is 8.42 Å². The monoisotopic (exact) mass is 375 g/mol. The molecule has 1 aliphatic rings. The third kappa shape index (κ3) is 3.78. The van der Waals surface area contributed by atoms with Crippen LogP contribution in [0.2, 0.25) is 5.02 Å². The molecule has 130 valence electrons. The van der Waals surface area contributed by atoms with Crippen molar-refractivity contribution in [2.45, 2.75) is 19.4 Å². The summed E-state index contributed by atoms with van der Waals surface area (Å²) in [6.07, 6.45) is 2.31. The van der Waals surface area contributed by atoms with Crippen LogP contribution in [0.5, 0.6) is 0 Å². The topological polar surface area (TPSA) is 54.5 Å². The molecule has 4 nitrogen and oxygen atoms in total. The van der Waals surface area contributed by atoms with Crippen molar-refractivity contribution in [3.05, 3.63) is 76.2 Å². The highest BCUT2D eigenvalue weighted by Crippen LogP contribution is 2.29. The third-order valence-corrected chi connectivity index (χ3v) is 5.78. The molecule has 3 rings (SSSR count). The van der Waals surface area contributed by atoms with Gasteiger partial charge in [-0.2, -0.15) is 0 Å². The standard InChI is InChI=1S/C19H18ClNO3S/c1-2-14-6-3-4-9-18(14)21(17-10-11-25(23,24)13-17)19(22)15-7-5-8-16(20)12-15/h3-12,17H,2,13H2,1H3/t17-/m0/s1. The molecule has 0 spiro atoms. The van der Waals surface area contributed by atoms with Gasteiger partial charge in [-0.1, -0.05) is 42.8 Å². The Morgan fingerprint density at radius 2 is 1.96 bits per heavy atom. The Morgan fingerprint density at radius 3 is 2.60 bits per heavy atom. The van der Waals surface area contributed by atoms with E-state index in [1.54, 1.807) is 35.2 Å². The third-order valence-electron chi connectivity index (χ3n) is 4.17. The molecular formula is C19H18ClNO3S. The first-order valence-corrected chi connectivity index (χ1v) is 10.1. The molecule has 1 aliphatic heterocycles. The van der Waals surface area contributed by atoms with E-state index in [1.165, 1.54) is 5.41 Å². The lowest BCUT2D eigenvalue weighted by Gasteiger charge is -2.29. The first kappa shape index (κ1) is 17.7. The zero-order valence-corrected chi connectivity index (χ0v) is 15.3. The second-order valence-corrected chi connectivity index (χ2v) is 8.26. The Hall–Kier alpha value is -2.11. The number of rotatable bonds is 4. The first-order chi connectivity index (χ1) is 11.9. The van der Waals surface area contributed by atoms with Crippen molar-refractivity contribution in [3.63, 3.8) is 0 Å².